The summed E-state index contributed by atoms with van der Waals surface area (Å²) in [5.74, 6) is 0.174. The number of nitrogens with one attached hydrogen (secondary N) is 2. The quantitative estimate of drug-likeness (QED) is 0.598. The Morgan fingerprint density at radius 3 is 2.40 bits per heavy atom. The molecule has 156 valence electrons. The molecule has 1 aliphatic carbocycles. The Labute approximate surface area is 180 Å². The second-order valence-electron chi connectivity index (χ2n) is 6.59. The number of nitrogens with zero attached hydrogens (tertiary/aromatic N) is 3. The molecular weight excluding hydrogens is 426 g/mol. The van der Waals surface area contributed by atoms with Gasteiger partial charge < -0.3 is 9.47 Å². The average molecular weight is 446 g/mol. The molecule has 11 heteroatoms. The van der Waals surface area contributed by atoms with Crippen molar-refractivity contribution in [2.24, 2.45) is 0 Å². The van der Waals surface area contributed by atoms with Crippen LogP contribution in [0.25, 0.3) is 0 Å². The molecule has 1 unspecified atom stereocenters. The summed E-state index contributed by atoms with van der Waals surface area (Å²) in [5.41, 5.74) is 1.10. The Bertz CT molecular complexity index is 1090. The average Bonchev–Trinajstić information content (AvgIpc) is 3.43. The number of ether oxygens (including phenoxy) is 2. The first-order valence-electron chi connectivity index (χ1n) is 9.12. The van der Waals surface area contributed by atoms with Gasteiger partial charge in [0.1, 0.15) is 16.5 Å². The SMILES string of the molecule is COc1cc(OC)cc(C(=O)Nc2nc3c(s2)CCC3C(=O)Nc2nnc(C)s2)c1. The number of hydrogen-bond acceptors (Lipinski definition) is 9. The molecule has 0 bridgehead atoms. The van der Waals surface area contributed by atoms with E-state index in [0.29, 0.717) is 39.4 Å². The molecule has 0 saturated heterocycles. The number of aryl methyl sites for hydroxylation is 2. The molecule has 2 amide bonds. The van der Waals surface area contributed by atoms with Crippen molar-refractivity contribution in [1.82, 2.24) is 15.2 Å². The fourth-order valence-corrected chi connectivity index (χ4v) is 4.81. The van der Waals surface area contributed by atoms with Crippen molar-refractivity contribution in [3.8, 4) is 11.5 Å². The minimum Gasteiger partial charge on any atom is -0.497 e. The van der Waals surface area contributed by atoms with Crippen LogP contribution in [0.4, 0.5) is 10.3 Å². The van der Waals surface area contributed by atoms with Crippen molar-refractivity contribution in [2.75, 3.05) is 24.9 Å². The van der Waals surface area contributed by atoms with Crippen LogP contribution in [0, 0.1) is 6.92 Å². The number of rotatable bonds is 6. The Balaban J connectivity index is 1.48. The second kappa shape index (κ2) is 8.36. The number of benzene rings is 1. The molecule has 30 heavy (non-hydrogen) atoms. The van der Waals surface area contributed by atoms with E-state index in [-0.39, 0.29) is 17.7 Å². The monoisotopic (exact) mass is 445 g/mol. The van der Waals surface area contributed by atoms with Crippen LogP contribution in [-0.2, 0) is 11.2 Å². The minimum absolute atomic E-state index is 0.161. The number of hydrogen-bond donors (Lipinski definition) is 2. The molecule has 4 rings (SSSR count). The van der Waals surface area contributed by atoms with E-state index in [0.717, 1.165) is 16.3 Å². The van der Waals surface area contributed by atoms with Gasteiger partial charge in [-0.1, -0.05) is 11.3 Å². The number of carbonyl (C=O) groups is 2. The summed E-state index contributed by atoms with van der Waals surface area (Å²) in [6, 6.07) is 4.94. The van der Waals surface area contributed by atoms with Crippen LogP contribution >= 0.6 is 22.7 Å². The molecule has 1 aromatic carbocycles. The van der Waals surface area contributed by atoms with Crippen LogP contribution in [0.3, 0.4) is 0 Å². The predicted octanol–water partition coefficient (Wildman–Crippen LogP) is 3.24. The Morgan fingerprint density at radius 1 is 1.03 bits per heavy atom. The minimum atomic E-state index is -0.372. The molecule has 9 nitrogen and oxygen atoms in total. The molecule has 0 spiro atoms. The van der Waals surface area contributed by atoms with Crippen molar-refractivity contribution < 1.29 is 19.1 Å². The van der Waals surface area contributed by atoms with Crippen molar-refractivity contribution in [3.05, 3.63) is 39.3 Å². The fourth-order valence-electron chi connectivity index (χ4n) is 3.18. The third kappa shape index (κ3) is 4.12. The maximum absolute atomic E-state index is 12.7. The fraction of sp³-hybridized carbons (Fsp3) is 0.316. The maximum Gasteiger partial charge on any atom is 0.257 e. The number of fused-ring (bicyclic) bond motifs is 1. The highest BCUT2D eigenvalue weighted by Crippen LogP contribution is 2.39. The van der Waals surface area contributed by atoms with Crippen LogP contribution < -0.4 is 20.1 Å². The summed E-state index contributed by atoms with van der Waals surface area (Å²) in [7, 11) is 3.05. The van der Waals surface area contributed by atoms with Gasteiger partial charge in [-0.05, 0) is 31.9 Å². The van der Waals surface area contributed by atoms with Crippen molar-refractivity contribution in [3.63, 3.8) is 0 Å². The lowest BCUT2D eigenvalue weighted by molar-refractivity contribution is -0.117. The van der Waals surface area contributed by atoms with Gasteiger partial charge in [-0.25, -0.2) is 4.98 Å². The summed E-state index contributed by atoms with van der Waals surface area (Å²) in [4.78, 5) is 30.9. The van der Waals surface area contributed by atoms with Gasteiger partial charge in [-0.2, -0.15) is 0 Å². The molecule has 0 radical (unpaired) electrons. The van der Waals surface area contributed by atoms with E-state index in [2.05, 4.69) is 25.8 Å². The van der Waals surface area contributed by atoms with E-state index in [1.807, 2.05) is 6.92 Å². The van der Waals surface area contributed by atoms with Gasteiger partial charge in [0.05, 0.1) is 25.8 Å². The van der Waals surface area contributed by atoms with E-state index < -0.39 is 0 Å². The van der Waals surface area contributed by atoms with E-state index in [4.69, 9.17) is 9.47 Å². The summed E-state index contributed by atoms with van der Waals surface area (Å²) in [6.45, 7) is 1.83. The predicted molar refractivity (Wildman–Crippen MR) is 114 cm³/mol. The maximum atomic E-state index is 12.7. The van der Waals surface area contributed by atoms with Crippen LogP contribution in [0.5, 0.6) is 11.5 Å². The lowest BCUT2D eigenvalue weighted by Crippen LogP contribution is -2.20. The van der Waals surface area contributed by atoms with Gasteiger partial charge in [0.25, 0.3) is 5.91 Å². The van der Waals surface area contributed by atoms with E-state index in [1.54, 1.807) is 18.2 Å². The number of carbonyl (C=O) groups excluding carboxylic acids is 2. The van der Waals surface area contributed by atoms with Crippen molar-refractivity contribution in [1.29, 1.82) is 0 Å². The number of anilines is 2. The van der Waals surface area contributed by atoms with Gasteiger partial charge in [0.2, 0.25) is 11.0 Å². The summed E-state index contributed by atoms with van der Waals surface area (Å²) < 4.78 is 10.4. The largest absolute Gasteiger partial charge is 0.497 e. The first-order valence-corrected chi connectivity index (χ1v) is 10.7. The molecule has 2 aromatic heterocycles. The van der Waals surface area contributed by atoms with Crippen molar-refractivity contribution in [2.45, 2.75) is 25.7 Å². The van der Waals surface area contributed by atoms with Gasteiger partial charge in [0, 0.05) is 16.5 Å². The highest BCUT2D eigenvalue weighted by molar-refractivity contribution is 7.16. The zero-order valence-corrected chi connectivity index (χ0v) is 18.1. The topological polar surface area (TPSA) is 115 Å². The molecule has 2 heterocycles. The highest BCUT2D eigenvalue weighted by atomic mass is 32.1. The van der Waals surface area contributed by atoms with E-state index in [9.17, 15) is 9.59 Å². The molecule has 3 aromatic rings. The van der Waals surface area contributed by atoms with Gasteiger partial charge in [-0.3, -0.25) is 20.2 Å². The number of amides is 2. The normalized spacial score (nSPS) is 14.8. The van der Waals surface area contributed by atoms with E-state index >= 15 is 0 Å². The van der Waals surface area contributed by atoms with Crippen LogP contribution in [-0.4, -0.2) is 41.2 Å². The molecule has 0 fully saturated rings. The zero-order valence-electron chi connectivity index (χ0n) is 16.5. The standard InChI is InChI=1S/C19H19N5O4S2/c1-9-23-24-19(29-9)22-17(26)13-4-5-14-15(13)20-18(30-14)21-16(25)10-6-11(27-2)8-12(7-10)28-3/h6-8,13H,4-5H2,1-3H3,(H,20,21,25)(H,22,24,26). The molecule has 0 aliphatic heterocycles. The second-order valence-corrected chi connectivity index (χ2v) is 8.85. The number of methoxy groups -OCH3 is 2. The first-order chi connectivity index (χ1) is 14.5. The van der Waals surface area contributed by atoms with Crippen LogP contribution in [0.2, 0.25) is 0 Å². The third-order valence-electron chi connectivity index (χ3n) is 4.62. The lowest BCUT2D eigenvalue weighted by atomic mass is 10.1. The smallest absolute Gasteiger partial charge is 0.257 e. The molecule has 0 saturated carbocycles. The van der Waals surface area contributed by atoms with Crippen LogP contribution in [0.1, 0.15) is 38.3 Å². The number of thiazole rings is 1. The highest BCUT2D eigenvalue weighted by Gasteiger charge is 2.33. The number of aromatic nitrogens is 3. The zero-order chi connectivity index (χ0) is 21.3. The van der Waals surface area contributed by atoms with Gasteiger partial charge >= 0.3 is 0 Å². The third-order valence-corrected chi connectivity index (χ3v) is 6.42. The first kappa shape index (κ1) is 20.2. The Kier molecular flexibility index (Phi) is 5.64. The Hall–Kier alpha value is -3.05. The van der Waals surface area contributed by atoms with Crippen molar-refractivity contribution >= 4 is 44.8 Å². The summed E-state index contributed by atoms with van der Waals surface area (Å²) in [6.07, 6.45) is 1.42. The van der Waals surface area contributed by atoms with Crippen LogP contribution in [0.15, 0.2) is 18.2 Å². The summed E-state index contributed by atoms with van der Waals surface area (Å²) in [5, 5.41) is 15.2. The van der Waals surface area contributed by atoms with Gasteiger partial charge in [0.15, 0.2) is 5.13 Å². The molecule has 1 aliphatic rings. The molecule has 2 N–H and O–H groups in total. The molecule has 1 atom stereocenters. The van der Waals surface area contributed by atoms with E-state index in [1.165, 1.54) is 36.9 Å². The molecular formula is C19H19N5O4S2. The Morgan fingerprint density at radius 2 is 1.77 bits per heavy atom. The lowest BCUT2D eigenvalue weighted by Gasteiger charge is -2.09. The summed E-state index contributed by atoms with van der Waals surface area (Å²) >= 11 is 2.71. The van der Waals surface area contributed by atoms with Gasteiger partial charge in [-0.15, -0.1) is 21.5 Å².